The minimum Gasteiger partial charge on any atom is -0.455 e. The molecule has 3 saturated heterocycles. The van der Waals surface area contributed by atoms with Gasteiger partial charge in [-0.05, 0) is 50.4 Å². The van der Waals surface area contributed by atoms with Crippen molar-refractivity contribution in [2.75, 3.05) is 25.9 Å². The molecule has 3 atom stereocenters. The second-order valence-electron chi connectivity index (χ2n) is 9.11. The second-order valence-corrected chi connectivity index (χ2v) is 11.0. The maximum Gasteiger partial charge on any atom is 0.289 e. The van der Waals surface area contributed by atoms with E-state index in [0.29, 0.717) is 19.5 Å². The third-order valence-electron chi connectivity index (χ3n) is 6.63. The number of halogens is 1. The average Bonchev–Trinajstić information content (AvgIpc) is 3.35. The van der Waals surface area contributed by atoms with Crippen LogP contribution in [0.5, 0.6) is 0 Å². The van der Waals surface area contributed by atoms with Crippen molar-refractivity contribution in [2.24, 2.45) is 11.8 Å². The molecule has 10 heteroatoms. The predicted molar refractivity (Wildman–Crippen MR) is 118 cm³/mol. The van der Waals surface area contributed by atoms with Crippen molar-refractivity contribution in [1.82, 2.24) is 14.1 Å². The number of carbonyl (C=O) groups excluding carboxylic acids is 2. The normalized spacial score (nSPS) is 27.0. The van der Waals surface area contributed by atoms with E-state index in [0.717, 1.165) is 29.4 Å². The van der Waals surface area contributed by atoms with Gasteiger partial charge < -0.3 is 9.32 Å². The number of carbonyl (C=O) groups is 2. The summed E-state index contributed by atoms with van der Waals surface area (Å²) in [6.45, 7) is 6.98. The zero-order chi connectivity index (χ0) is 21.6. The highest BCUT2D eigenvalue weighted by Crippen LogP contribution is 2.41. The van der Waals surface area contributed by atoms with Gasteiger partial charge in [0.1, 0.15) is 5.76 Å². The smallest absolute Gasteiger partial charge is 0.289 e. The number of hydrogen-bond donors (Lipinski definition) is 0. The maximum absolute atomic E-state index is 13.3. The van der Waals surface area contributed by atoms with Gasteiger partial charge >= 0.3 is 0 Å². The molecule has 4 heterocycles. The summed E-state index contributed by atoms with van der Waals surface area (Å²) in [5.41, 5.74) is 0. The molecule has 174 valence electrons. The van der Waals surface area contributed by atoms with E-state index in [9.17, 15) is 18.0 Å². The summed E-state index contributed by atoms with van der Waals surface area (Å²) in [4.78, 5) is 30.2. The summed E-state index contributed by atoms with van der Waals surface area (Å²) in [6, 6.07) is 2.60. The fraction of sp³-hybridized carbons (Fsp3) is 0.714. The Bertz CT molecular complexity index is 925. The Hall–Kier alpha value is -1.58. The van der Waals surface area contributed by atoms with Gasteiger partial charge in [0.05, 0.1) is 30.8 Å². The SMILES string of the molecule is CC(C)[C@H]1C(=O)N(S(C)(=O)=O)[C@H]2CCN(C(=O)c3ccc(CN4CCCCC4)o3)[C@H]12.Cl. The van der Waals surface area contributed by atoms with Gasteiger partial charge in [0, 0.05) is 6.54 Å². The van der Waals surface area contributed by atoms with Crippen molar-refractivity contribution in [2.45, 2.75) is 58.2 Å². The number of likely N-dealkylation sites (tertiary alicyclic amines) is 2. The molecule has 3 fully saturated rings. The first-order valence-electron chi connectivity index (χ1n) is 10.8. The van der Waals surface area contributed by atoms with Crippen molar-refractivity contribution in [1.29, 1.82) is 0 Å². The van der Waals surface area contributed by atoms with Crippen LogP contribution in [-0.4, -0.2) is 72.3 Å². The molecule has 8 nitrogen and oxygen atoms in total. The molecule has 0 spiro atoms. The zero-order valence-corrected chi connectivity index (χ0v) is 20.0. The molecule has 0 radical (unpaired) electrons. The lowest BCUT2D eigenvalue weighted by molar-refractivity contribution is -0.129. The van der Waals surface area contributed by atoms with Crippen LogP contribution >= 0.6 is 12.4 Å². The minimum absolute atomic E-state index is 0. The van der Waals surface area contributed by atoms with Gasteiger partial charge in [-0.3, -0.25) is 14.5 Å². The second kappa shape index (κ2) is 9.11. The number of furan rings is 1. The summed E-state index contributed by atoms with van der Waals surface area (Å²) in [5, 5.41) is 0. The first-order chi connectivity index (χ1) is 14.2. The quantitative estimate of drug-likeness (QED) is 0.651. The van der Waals surface area contributed by atoms with Gasteiger partial charge in [0.25, 0.3) is 5.91 Å². The van der Waals surface area contributed by atoms with Gasteiger partial charge in [0.2, 0.25) is 15.9 Å². The van der Waals surface area contributed by atoms with Crippen LogP contribution in [0.3, 0.4) is 0 Å². The van der Waals surface area contributed by atoms with Gasteiger partial charge in [0.15, 0.2) is 5.76 Å². The van der Waals surface area contributed by atoms with E-state index >= 15 is 0 Å². The van der Waals surface area contributed by atoms with E-state index in [4.69, 9.17) is 4.42 Å². The van der Waals surface area contributed by atoms with E-state index in [2.05, 4.69) is 4.90 Å². The van der Waals surface area contributed by atoms with Gasteiger partial charge in [-0.2, -0.15) is 0 Å². The zero-order valence-electron chi connectivity index (χ0n) is 18.3. The highest BCUT2D eigenvalue weighted by Gasteiger charge is 2.58. The van der Waals surface area contributed by atoms with Crippen molar-refractivity contribution in [3.63, 3.8) is 0 Å². The molecule has 3 aliphatic heterocycles. The fourth-order valence-corrected chi connectivity index (χ4v) is 6.50. The number of sulfonamides is 1. The highest BCUT2D eigenvalue weighted by atomic mass is 35.5. The Kier molecular flexibility index (Phi) is 7.08. The summed E-state index contributed by atoms with van der Waals surface area (Å²) in [7, 11) is -3.68. The molecule has 4 rings (SSSR count). The van der Waals surface area contributed by atoms with Crippen LogP contribution in [0.4, 0.5) is 0 Å². The lowest BCUT2D eigenvalue weighted by Crippen LogP contribution is -2.44. The lowest BCUT2D eigenvalue weighted by atomic mass is 9.88. The standard InChI is InChI=1S/C21H31N3O5S.ClH/c1-14(2)18-19-16(24(21(18)26)30(3,27)28)9-12-23(19)20(25)17-8-7-15(29-17)13-22-10-5-4-6-11-22;/h7-8,14,16,18-19H,4-6,9-13H2,1-3H3;1H/t16-,18+,19-;/m0./s1. The number of nitrogens with zero attached hydrogens (tertiary/aromatic N) is 3. The number of fused-ring (bicyclic) bond motifs is 1. The molecule has 2 amide bonds. The third kappa shape index (κ3) is 4.50. The third-order valence-corrected chi connectivity index (χ3v) is 7.79. The van der Waals surface area contributed by atoms with E-state index in [-0.39, 0.29) is 30.0 Å². The van der Waals surface area contributed by atoms with E-state index in [1.807, 2.05) is 19.9 Å². The summed E-state index contributed by atoms with van der Waals surface area (Å²) >= 11 is 0. The average molecular weight is 474 g/mol. The van der Waals surface area contributed by atoms with Crippen molar-refractivity contribution in [3.05, 3.63) is 23.7 Å². The van der Waals surface area contributed by atoms with Crippen molar-refractivity contribution in [3.8, 4) is 0 Å². The molecule has 0 unspecified atom stereocenters. The van der Waals surface area contributed by atoms with Crippen LogP contribution in [0.15, 0.2) is 16.5 Å². The largest absolute Gasteiger partial charge is 0.455 e. The number of amides is 2. The van der Waals surface area contributed by atoms with Crippen LogP contribution in [0.25, 0.3) is 0 Å². The Labute approximate surface area is 190 Å². The van der Waals surface area contributed by atoms with Crippen LogP contribution in [0, 0.1) is 11.8 Å². The first-order valence-corrected chi connectivity index (χ1v) is 12.7. The maximum atomic E-state index is 13.3. The van der Waals surface area contributed by atoms with Crippen molar-refractivity contribution >= 4 is 34.2 Å². The lowest BCUT2D eigenvalue weighted by Gasteiger charge is -2.28. The Morgan fingerprint density at radius 3 is 2.45 bits per heavy atom. The summed E-state index contributed by atoms with van der Waals surface area (Å²) in [6.07, 6.45) is 5.15. The molecular formula is C21H32ClN3O5S. The molecule has 0 saturated carbocycles. The fourth-order valence-electron chi connectivity index (χ4n) is 5.33. The number of hydrogen-bond acceptors (Lipinski definition) is 6. The molecule has 31 heavy (non-hydrogen) atoms. The molecule has 0 aromatic carbocycles. The van der Waals surface area contributed by atoms with Crippen LogP contribution in [0.1, 0.15) is 55.8 Å². The van der Waals surface area contributed by atoms with Gasteiger partial charge in [-0.25, -0.2) is 12.7 Å². The highest BCUT2D eigenvalue weighted by molar-refractivity contribution is 7.88. The van der Waals surface area contributed by atoms with Gasteiger partial charge in [-0.15, -0.1) is 12.4 Å². The van der Waals surface area contributed by atoms with E-state index in [1.165, 1.54) is 19.3 Å². The summed E-state index contributed by atoms with van der Waals surface area (Å²) in [5.74, 6) is -0.242. The minimum atomic E-state index is -3.68. The predicted octanol–water partition coefficient (Wildman–Crippen LogP) is 2.34. The Balaban J connectivity index is 0.00000272. The molecule has 0 N–H and O–H groups in total. The monoisotopic (exact) mass is 473 g/mol. The van der Waals surface area contributed by atoms with Gasteiger partial charge in [-0.1, -0.05) is 20.3 Å². The van der Waals surface area contributed by atoms with E-state index in [1.54, 1.807) is 11.0 Å². The van der Waals surface area contributed by atoms with Crippen molar-refractivity contribution < 1.29 is 22.4 Å². The molecular weight excluding hydrogens is 442 g/mol. The van der Waals surface area contributed by atoms with Crippen LogP contribution in [-0.2, 0) is 21.4 Å². The molecule has 0 aliphatic carbocycles. The Morgan fingerprint density at radius 1 is 1.16 bits per heavy atom. The van der Waals surface area contributed by atoms with Crippen LogP contribution in [0.2, 0.25) is 0 Å². The molecule has 1 aromatic rings. The van der Waals surface area contributed by atoms with Crippen LogP contribution < -0.4 is 0 Å². The number of rotatable bonds is 5. The molecule has 0 bridgehead atoms. The molecule has 3 aliphatic rings. The number of piperidine rings is 1. The molecule has 1 aromatic heterocycles. The Morgan fingerprint density at radius 2 is 1.84 bits per heavy atom. The first kappa shape index (κ1) is 24.1. The van der Waals surface area contributed by atoms with E-state index < -0.39 is 33.9 Å². The topological polar surface area (TPSA) is 91.1 Å². The summed E-state index contributed by atoms with van der Waals surface area (Å²) < 4.78 is 31.4.